The molecule has 0 aliphatic carbocycles. The third-order valence-corrected chi connectivity index (χ3v) is 6.50. The van der Waals surface area contributed by atoms with Crippen LogP contribution in [0, 0.1) is 17.6 Å². The van der Waals surface area contributed by atoms with Gasteiger partial charge in [0, 0.05) is 49.3 Å². The van der Waals surface area contributed by atoms with E-state index in [1.54, 1.807) is 6.20 Å². The predicted octanol–water partition coefficient (Wildman–Crippen LogP) is 4.58. The number of amides is 1. The van der Waals surface area contributed by atoms with Gasteiger partial charge in [-0.2, -0.15) is 10.2 Å². The number of likely N-dealkylation sites (tertiary alicyclic amines) is 1. The Hall–Kier alpha value is -3.55. The lowest BCUT2D eigenvalue weighted by Gasteiger charge is -2.32. The van der Waals surface area contributed by atoms with Crippen LogP contribution in [-0.4, -0.2) is 43.9 Å². The lowest BCUT2D eigenvalue weighted by molar-refractivity contribution is -0.132. The van der Waals surface area contributed by atoms with E-state index in [0.29, 0.717) is 24.6 Å². The highest BCUT2D eigenvalue weighted by molar-refractivity contribution is 5.84. The number of piperidine rings is 1. The Kier molecular flexibility index (Phi) is 5.90. The first-order valence-electron chi connectivity index (χ1n) is 11.2. The molecule has 0 saturated carbocycles. The summed E-state index contributed by atoms with van der Waals surface area (Å²) in [5, 5.41) is 12.5. The normalized spacial score (nSPS) is 14.8. The number of carbonyl (C=O) groups excluding carboxylic acids is 1. The van der Waals surface area contributed by atoms with Crippen molar-refractivity contribution in [3.8, 4) is 11.1 Å². The number of H-pyrrole nitrogens is 1. The predicted molar refractivity (Wildman–Crippen MR) is 121 cm³/mol. The summed E-state index contributed by atoms with van der Waals surface area (Å²) in [6.07, 6.45) is 7.90. The number of carbonyl (C=O) groups is 1. The number of benzene rings is 2. The van der Waals surface area contributed by atoms with Crippen molar-refractivity contribution in [2.75, 3.05) is 13.1 Å². The summed E-state index contributed by atoms with van der Waals surface area (Å²) < 4.78 is 28.9. The number of aryl methyl sites for hydroxylation is 1. The summed E-state index contributed by atoms with van der Waals surface area (Å²) in [5.41, 5.74) is 3.62. The highest BCUT2D eigenvalue weighted by Gasteiger charge is 2.23. The second-order valence-electron chi connectivity index (χ2n) is 8.65. The average Bonchev–Trinajstić information content (AvgIpc) is 3.49. The maximum absolute atomic E-state index is 13.8. The van der Waals surface area contributed by atoms with Crippen LogP contribution in [0.3, 0.4) is 0 Å². The molecule has 0 unspecified atom stereocenters. The molecule has 1 fully saturated rings. The van der Waals surface area contributed by atoms with Crippen molar-refractivity contribution in [2.45, 2.75) is 32.2 Å². The molecule has 8 heteroatoms. The first kappa shape index (κ1) is 21.3. The van der Waals surface area contributed by atoms with Gasteiger partial charge in [-0.15, -0.1) is 0 Å². The molecule has 1 N–H and O–H groups in total. The van der Waals surface area contributed by atoms with Crippen molar-refractivity contribution in [3.63, 3.8) is 0 Å². The fraction of sp³-hybridized carbons (Fsp3) is 0.320. The number of rotatable bonds is 6. The fourth-order valence-corrected chi connectivity index (χ4v) is 4.55. The second-order valence-corrected chi connectivity index (χ2v) is 8.65. The molecule has 3 heterocycles. The Morgan fingerprint density at radius 2 is 1.91 bits per heavy atom. The molecule has 1 saturated heterocycles. The Balaban J connectivity index is 1.15. The SMILES string of the molecule is O=C(CCc1ccc(F)cc1F)N1CCC(Cn2ncc3cc(-c4cn[nH]c4)ccc32)CC1. The first-order valence-corrected chi connectivity index (χ1v) is 11.2. The zero-order valence-corrected chi connectivity index (χ0v) is 18.2. The van der Waals surface area contributed by atoms with Crippen LogP contribution < -0.4 is 0 Å². The monoisotopic (exact) mass is 449 g/mol. The van der Waals surface area contributed by atoms with E-state index in [1.165, 1.54) is 12.1 Å². The molecule has 2 aromatic heterocycles. The number of nitrogens with one attached hydrogen (secondary N) is 1. The number of aromatic amines is 1. The molecule has 170 valence electrons. The summed E-state index contributed by atoms with van der Waals surface area (Å²) in [5.74, 6) is -0.730. The molecular weight excluding hydrogens is 424 g/mol. The number of halogens is 2. The van der Waals surface area contributed by atoms with Crippen molar-refractivity contribution in [1.82, 2.24) is 24.9 Å². The lowest BCUT2D eigenvalue weighted by Crippen LogP contribution is -2.39. The van der Waals surface area contributed by atoms with E-state index in [9.17, 15) is 13.6 Å². The van der Waals surface area contributed by atoms with E-state index in [-0.39, 0.29) is 18.7 Å². The Labute approximate surface area is 190 Å². The molecule has 1 aliphatic heterocycles. The second kappa shape index (κ2) is 9.13. The summed E-state index contributed by atoms with van der Waals surface area (Å²) >= 11 is 0. The maximum atomic E-state index is 13.8. The molecule has 1 aliphatic rings. The zero-order chi connectivity index (χ0) is 22.8. The van der Waals surface area contributed by atoms with Gasteiger partial charge >= 0.3 is 0 Å². The van der Waals surface area contributed by atoms with Crippen LogP contribution in [0.5, 0.6) is 0 Å². The summed E-state index contributed by atoms with van der Waals surface area (Å²) in [6.45, 7) is 2.20. The number of hydrogen-bond acceptors (Lipinski definition) is 3. The van der Waals surface area contributed by atoms with E-state index in [1.807, 2.05) is 22.0 Å². The van der Waals surface area contributed by atoms with Crippen LogP contribution in [0.2, 0.25) is 0 Å². The quantitative estimate of drug-likeness (QED) is 0.469. The van der Waals surface area contributed by atoms with E-state index in [0.717, 1.165) is 47.5 Å². The molecular formula is C25H25F2N5O. The molecule has 4 aromatic rings. The molecule has 2 aromatic carbocycles. The smallest absolute Gasteiger partial charge is 0.222 e. The molecule has 0 radical (unpaired) electrons. The number of nitrogens with zero attached hydrogens (tertiary/aromatic N) is 4. The van der Waals surface area contributed by atoms with E-state index in [2.05, 4.69) is 33.5 Å². The van der Waals surface area contributed by atoms with Gasteiger partial charge in [-0.3, -0.25) is 14.6 Å². The van der Waals surface area contributed by atoms with Crippen LogP contribution in [0.4, 0.5) is 8.78 Å². The molecule has 6 nitrogen and oxygen atoms in total. The minimum atomic E-state index is -0.604. The van der Waals surface area contributed by atoms with E-state index in [4.69, 9.17) is 0 Å². The van der Waals surface area contributed by atoms with Crippen molar-refractivity contribution < 1.29 is 13.6 Å². The van der Waals surface area contributed by atoms with Crippen LogP contribution in [0.15, 0.2) is 55.0 Å². The van der Waals surface area contributed by atoms with Gasteiger partial charge in [0.25, 0.3) is 0 Å². The van der Waals surface area contributed by atoms with Crippen LogP contribution in [0.25, 0.3) is 22.0 Å². The lowest BCUT2D eigenvalue weighted by atomic mass is 9.96. The van der Waals surface area contributed by atoms with E-state index >= 15 is 0 Å². The number of hydrogen-bond donors (Lipinski definition) is 1. The first-order chi connectivity index (χ1) is 16.1. The molecule has 0 atom stereocenters. The third kappa shape index (κ3) is 4.65. The van der Waals surface area contributed by atoms with Crippen LogP contribution >= 0.6 is 0 Å². The molecule has 0 bridgehead atoms. The van der Waals surface area contributed by atoms with Crippen molar-refractivity contribution in [1.29, 1.82) is 0 Å². The van der Waals surface area contributed by atoms with Gasteiger partial charge in [0.05, 0.1) is 17.9 Å². The maximum Gasteiger partial charge on any atom is 0.222 e. The van der Waals surface area contributed by atoms with Gasteiger partial charge in [-0.25, -0.2) is 8.78 Å². The minimum Gasteiger partial charge on any atom is -0.343 e. The Morgan fingerprint density at radius 1 is 1.06 bits per heavy atom. The van der Waals surface area contributed by atoms with Crippen molar-refractivity contribution in [2.24, 2.45) is 5.92 Å². The molecule has 5 rings (SSSR count). The fourth-order valence-electron chi connectivity index (χ4n) is 4.55. The standard InChI is InChI=1S/C25H25F2N5O/c26-22-4-1-18(23(27)12-22)3-6-25(33)31-9-7-17(8-10-31)16-32-24-5-2-19(11-20(24)15-30-32)21-13-28-29-14-21/h1-2,4-5,11-15,17H,3,6-10,16H2,(H,28,29). The van der Waals surface area contributed by atoms with Gasteiger partial charge in [0.2, 0.25) is 5.91 Å². The molecule has 0 spiro atoms. The van der Waals surface area contributed by atoms with Gasteiger partial charge < -0.3 is 4.90 Å². The number of aromatic nitrogens is 4. The number of fused-ring (bicyclic) bond motifs is 1. The van der Waals surface area contributed by atoms with Crippen molar-refractivity contribution in [3.05, 3.63) is 72.2 Å². The third-order valence-electron chi connectivity index (χ3n) is 6.50. The average molecular weight is 450 g/mol. The van der Waals surface area contributed by atoms with E-state index < -0.39 is 11.6 Å². The summed E-state index contributed by atoms with van der Waals surface area (Å²) in [6, 6.07) is 9.80. The van der Waals surface area contributed by atoms with Gasteiger partial charge in [-0.05, 0) is 54.5 Å². The highest BCUT2D eigenvalue weighted by atomic mass is 19.1. The van der Waals surface area contributed by atoms with Gasteiger partial charge in [0.15, 0.2) is 0 Å². The minimum absolute atomic E-state index is 0.0218. The zero-order valence-electron chi connectivity index (χ0n) is 18.2. The highest BCUT2D eigenvalue weighted by Crippen LogP contribution is 2.26. The van der Waals surface area contributed by atoms with Gasteiger partial charge in [0.1, 0.15) is 11.6 Å². The summed E-state index contributed by atoms with van der Waals surface area (Å²) in [4.78, 5) is 14.4. The van der Waals surface area contributed by atoms with Gasteiger partial charge in [-0.1, -0.05) is 12.1 Å². The Morgan fingerprint density at radius 3 is 2.67 bits per heavy atom. The Bertz CT molecular complexity index is 1260. The van der Waals surface area contributed by atoms with Crippen LogP contribution in [-0.2, 0) is 17.8 Å². The molecule has 33 heavy (non-hydrogen) atoms. The molecule has 1 amide bonds. The topological polar surface area (TPSA) is 66.8 Å². The van der Waals surface area contributed by atoms with Crippen LogP contribution in [0.1, 0.15) is 24.8 Å². The summed E-state index contributed by atoms with van der Waals surface area (Å²) in [7, 11) is 0. The van der Waals surface area contributed by atoms with Crippen molar-refractivity contribution >= 4 is 16.8 Å². The largest absolute Gasteiger partial charge is 0.343 e.